The molecule has 0 bridgehead atoms. The predicted molar refractivity (Wildman–Crippen MR) is 114 cm³/mol. The smallest absolute Gasteiger partial charge is 0.243 e. The number of thioether (sulfide) groups is 1. The van der Waals surface area contributed by atoms with Crippen LogP contribution in [-0.2, 0) is 14.8 Å². The number of carbonyl (C=O) groups is 1. The largest absolute Gasteiger partial charge is 0.497 e. The fraction of sp³-hybridized carbons (Fsp3) is 0.350. The van der Waals surface area contributed by atoms with Crippen molar-refractivity contribution in [1.29, 1.82) is 0 Å². The van der Waals surface area contributed by atoms with Crippen molar-refractivity contribution >= 4 is 39.1 Å². The lowest BCUT2D eigenvalue weighted by Crippen LogP contribution is -2.48. The van der Waals surface area contributed by atoms with Crippen molar-refractivity contribution < 1.29 is 17.9 Å². The van der Waals surface area contributed by atoms with Crippen LogP contribution in [0.5, 0.6) is 5.75 Å². The number of hydrogen-bond donors (Lipinski definition) is 1. The molecule has 1 fully saturated rings. The number of rotatable bonds is 4. The zero-order chi connectivity index (χ0) is 20.6. The summed E-state index contributed by atoms with van der Waals surface area (Å²) in [7, 11) is -1.99. The number of ether oxygens (including phenoxy) is 1. The maximum absolute atomic E-state index is 13.1. The van der Waals surface area contributed by atoms with Gasteiger partial charge >= 0.3 is 0 Å². The molecule has 2 aromatic rings. The first-order valence-electron chi connectivity index (χ1n) is 9.39. The number of hydrogen-bond acceptors (Lipinski definition) is 6. The van der Waals surface area contributed by atoms with Crippen LogP contribution >= 0.6 is 11.8 Å². The normalized spacial score (nSPS) is 20.1. The SMILES string of the molecule is COc1ccc(N2CCN(S(=O)(=O)c3ccc4c(c3)NC(=O)[C@@H](C)S4)CC2)cc1. The maximum atomic E-state index is 13.1. The van der Waals surface area contributed by atoms with Gasteiger partial charge in [-0.1, -0.05) is 0 Å². The monoisotopic (exact) mass is 433 g/mol. The van der Waals surface area contributed by atoms with E-state index in [4.69, 9.17) is 4.74 Å². The van der Waals surface area contributed by atoms with Crippen LogP contribution in [0.3, 0.4) is 0 Å². The van der Waals surface area contributed by atoms with Crippen LogP contribution in [-0.4, -0.2) is 57.2 Å². The van der Waals surface area contributed by atoms with E-state index >= 15 is 0 Å². The van der Waals surface area contributed by atoms with Crippen LogP contribution in [0.2, 0.25) is 0 Å². The van der Waals surface area contributed by atoms with Crippen molar-refractivity contribution in [2.75, 3.05) is 43.5 Å². The quantitative estimate of drug-likeness (QED) is 0.799. The molecule has 2 aliphatic rings. The molecular weight excluding hydrogens is 410 g/mol. The average molecular weight is 434 g/mol. The summed E-state index contributed by atoms with van der Waals surface area (Å²) in [4.78, 5) is 15.2. The fourth-order valence-electron chi connectivity index (χ4n) is 3.48. The van der Waals surface area contributed by atoms with Crippen molar-refractivity contribution in [1.82, 2.24) is 4.31 Å². The first-order chi connectivity index (χ1) is 13.9. The molecule has 29 heavy (non-hydrogen) atoms. The van der Waals surface area contributed by atoms with Crippen LogP contribution in [0.25, 0.3) is 0 Å². The Hall–Kier alpha value is -2.23. The molecule has 2 heterocycles. The second-order valence-electron chi connectivity index (χ2n) is 7.00. The standard InChI is InChI=1S/C20H23N3O4S2/c1-14-20(24)21-18-13-17(7-8-19(18)28-14)29(25,26)23-11-9-22(10-12-23)15-3-5-16(27-2)6-4-15/h3-8,13-14H,9-12H2,1-2H3,(H,21,24)/t14-/m1/s1. The molecule has 1 atom stereocenters. The van der Waals surface area contributed by atoms with E-state index in [9.17, 15) is 13.2 Å². The van der Waals surface area contributed by atoms with Crippen molar-refractivity contribution in [2.45, 2.75) is 22.0 Å². The topological polar surface area (TPSA) is 79.0 Å². The lowest BCUT2D eigenvalue weighted by atomic mass is 10.2. The van der Waals surface area contributed by atoms with Gasteiger partial charge in [-0.05, 0) is 49.4 Å². The molecule has 2 aliphatic heterocycles. The zero-order valence-corrected chi connectivity index (χ0v) is 17.9. The van der Waals surface area contributed by atoms with Gasteiger partial charge in [0.25, 0.3) is 0 Å². The van der Waals surface area contributed by atoms with Crippen LogP contribution in [0.4, 0.5) is 11.4 Å². The average Bonchev–Trinajstić information content (AvgIpc) is 2.74. The number of piperazine rings is 1. The van der Waals surface area contributed by atoms with Crippen LogP contribution in [0.15, 0.2) is 52.3 Å². The summed E-state index contributed by atoms with van der Waals surface area (Å²) in [5, 5.41) is 2.62. The van der Waals surface area contributed by atoms with Gasteiger partial charge in [-0.15, -0.1) is 11.8 Å². The van der Waals surface area contributed by atoms with E-state index in [0.29, 0.717) is 31.9 Å². The highest BCUT2D eigenvalue weighted by Crippen LogP contribution is 2.37. The molecular formula is C20H23N3O4S2. The van der Waals surface area contributed by atoms with E-state index in [2.05, 4.69) is 10.2 Å². The first kappa shape index (κ1) is 20.1. The molecule has 4 rings (SSSR count). The van der Waals surface area contributed by atoms with Gasteiger partial charge in [-0.25, -0.2) is 8.42 Å². The lowest BCUT2D eigenvalue weighted by molar-refractivity contribution is -0.115. The Bertz CT molecular complexity index is 1020. The van der Waals surface area contributed by atoms with E-state index in [-0.39, 0.29) is 16.1 Å². The van der Waals surface area contributed by atoms with Gasteiger partial charge in [0.2, 0.25) is 15.9 Å². The number of amides is 1. The van der Waals surface area contributed by atoms with E-state index in [0.717, 1.165) is 16.3 Å². The number of carbonyl (C=O) groups excluding carboxylic acids is 1. The molecule has 0 spiro atoms. The minimum atomic E-state index is -3.62. The second kappa shape index (κ2) is 7.89. The molecule has 7 nitrogen and oxygen atoms in total. The highest BCUT2D eigenvalue weighted by molar-refractivity contribution is 8.01. The van der Waals surface area contributed by atoms with E-state index in [1.165, 1.54) is 16.1 Å². The highest BCUT2D eigenvalue weighted by atomic mass is 32.2. The van der Waals surface area contributed by atoms with Crippen LogP contribution in [0.1, 0.15) is 6.92 Å². The maximum Gasteiger partial charge on any atom is 0.243 e. The van der Waals surface area contributed by atoms with E-state index in [1.54, 1.807) is 25.3 Å². The zero-order valence-electron chi connectivity index (χ0n) is 16.3. The molecule has 154 valence electrons. The van der Waals surface area contributed by atoms with Crippen molar-refractivity contribution in [3.8, 4) is 5.75 Å². The number of sulfonamides is 1. The Labute approximate surface area is 175 Å². The number of nitrogens with zero attached hydrogens (tertiary/aromatic N) is 2. The summed E-state index contributed by atoms with van der Waals surface area (Å²) in [5.74, 6) is 0.687. The van der Waals surface area contributed by atoms with Gasteiger partial charge in [0.1, 0.15) is 5.75 Å². The molecule has 0 saturated carbocycles. The minimum Gasteiger partial charge on any atom is -0.497 e. The van der Waals surface area contributed by atoms with Gasteiger partial charge in [-0.2, -0.15) is 4.31 Å². The summed E-state index contributed by atoms with van der Waals surface area (Å²) in [6, 6.07) is 12.7. The number of fused-ring (bicyclic) bond motifs is 1. The summed E-state index contributed by atoms with van der Waals surface area (Å²) in [6.07, 6.45) is 0. The Kier molecular flexibility index (Phi) is 5.46. The summed E-state index contributed by atoms with van der Waals surface area (Å²) in [6.45, 7) is 3.87. The van der Waals surface area contributed by atoms with Crippen molar-refractivity contribution in [3.05, 3.63) is 42.5 Å². The number of methoxy groups -OCH3 is 1. The molecule has 9 heteroatoms. The number of benzene rings is 2. The van der Waals surface area contributed by atoms with Gasteiger partial charge < -0.3 is 15.0 Å². The summed E-state index contributed by atoms with van der Waals surface area (Å²) >= 11 is 1.44. The molecule has 1 N–H and O–H groups in total. The molecule has 1 amide bonds. The number of nitrogens with one attached hydrogen (secondary N) is 1. The predicted octanol–water partition coefficient (Wildman–Crippen LogP) is 2.64. The number of anilines is 2. The van der Waals surface area contributed by atoms with E-state index < -0.39 is 10.0 Å². The van der Waals surface area contributed by atoms with Gasteiger partial charge in [-0.3, -0.25) is 4.79 Å². The van der Waals surface area contributed by atoms with Gasteiger partial charge in [0.15, 0.2) is 0 Å². The third kappa shape index (κ3) is 3.94. The molecule has 0 unspecified atom stereocenters. The van der Waals surface area contributed by atoms with E-state index in [1.807, 2.05) is 31.2 Å². The van der Waals surface area contributed by atoms with Crippen LogP contribution in [0, 0.1) is 0 Å². The first-order valence-corrected chi connectivity index (χ1v) is 11.7. The molecule has 0 aliphatic carbocycles. The summed E-state index contributed by atoms with van der Waals surface area (Å²) < 4.78 is 32.9. The van der Waals surface area contributed by atoms with Crippen molar-refractivity contribution in [3.63, 3.8) is 0 Å². The van der Waals surface area contributed by atoms with Gasteiger partial charge in [0.05, 0.1) is 22.9 Å². The summed E-state index contributed by atoms with van der Waals surface area (Å²) in [5.41, 5.74) is 1.61. The third-order valence-electron chi connectivity index (χ3n) is 5.20. The highest BCUT2D eigenvalue weighted by Gasteiger charge is 2.30. The Morgan fingerprint density at radius 1 is 1.07 bits per heavy atom. The molecule has 0 radical (unpaired) electrons. The second-order valence-corrected chi connectivity index (χ2v) is 10.3. The van der Waals surface area contributed by atoms with Gasteiger partial charge in [0, 0.05) is 36.8 Å². The Morgan fingerprint density at radius 3 is 2.41 bits per heavy atom. The Morgan fingerprint density at radius 2 is 1.76 bits per heavy atom. The molecule has 1 saturated heterocycles. The fourth-order valence-corrected chi connectivity index (χ4v) is 5.86. The van der Waals surface area contributed by atoms with Crippen LogP contribution < -0.4 is 15.0 Å². The third-order valence-corrected chi connectivity index (χ3v) is 8.27. The minimum absolute atomic E-state index is 0.106. The van der Waals surface area contributed by atoms with Crippen molar-refractivity contribution in [2.24, 2.45) is 0 Å². The molecule has 2 aromatic carbocycles. The Balaban J connectivity index is 1.48. The molecule has 0 aromatic heterocycles. The lowest BCUT2D eigenvalue weighted by Gasteiger charge is -2.35.